The van der Waals surface area contributed by atoms with Crippen LogP contribution in [-0.4, -0.2) is 44.1 Å². The normalized spacial score (nSPS) is 18.0. The minimum Gasteiger partial charge on any atom is -0.487 e. The van der Waals surface area contributed by atoms with Crippen molar-refractivity contribution in [2.45, 2.75) is 41.7 Å². The van der Waals surface area contributed by atoms with Crippen LogP contribution in [0.2, 0.25) is 0 Å². The molecule has 2 aromatic carbocycles. The summed E-state index contributed by atoms with van der Waals surface area (Å²) in [5, 5.41) is 2.98. The van der Waals surface area contributed by atoms with Gasteiger partial charge in [0.05, 0.1) is 17.5 Å². The molecule has 0 aliphatic carbocycles. The maximum Gasteiger partial charge on any atom is 0.243 e. The Morgan fingerprint density at radius 2 is 1.86 bits per heavy atom. The van der Waals surface area contributed by atoms with Gasteiger partial charge in [-0.1, -0.05) is 18.2 Å². The van der Waals surface area contributed by atoms with Gasteiger partial charge in [0, 0.05) is 23.9 Å². The molecular formula is C21H26N2O4S2. The molecule has 0 bridgehead atoms. The van der Waals surface area contributed by atoms with E-state index in [1.54, 1.807) is 24.3 Å². The van der Waals surface area contributed by atoms with E-state index in [9.17, 15) is 13.2 Å². The number of ether oxygens (including phenoxy) is 1. The lowest BCUT2D eigenvalue weighted by atomic mass is 9.89. The highest BCUT2D eigenvalue weighted by Crippen LogP contribution is 2.39. The van der Waals surface area contributed by atoms with Crippen LogP contribution in [0.3, 0.4) is 0 Å². The first-order valence-electron chi connectivity index (χ1n) is 9.30. The Kier molecular flexibility index (Phi) is 6.26. The fraction of sp³-hybridized carbons (Fsp3) is 0.381. The van der Waals surface area contributed by atoms with Crippen LogP contribution < -0.4 is 10.1 Å². The van der Waals surface area contributed by atoms with E-state index in [0.717, 1.165) is 20.5 Å². The fourth-order valence-electron chi connectivity index (χ4n) is 3.39. The standard InChI is InChI=1S/C21H26N2O4S2/c1-21(2)13-18(17-7-5-6-8-19(17)27-21)22-20(24)14-23(3)29(25,26)16-11-9-15(28-4)10-12-16/h5-12,18H,13-14H2,1-4H3,(H,22,24). The average molecular weight is 435 g/mol. The molecule has 1 heterocycles. The molecule has 0 saturated carbocycles. The van der Waals surface area contributed by atoms with Crippen LogP contribution in [0.25, 0.3) is 0 Å². The number of carbonyl (C=O) groups excluding carboxylic acids is 1. The van der Waals surface area contributed by atoms with Crippen LogP contribution in [0.1, 0.15) is 31.9 Å². The van der Waals surface area contributed by atoms with Crippen LogP contribution in [-0.2, 0) is 14.8 Å². The number of rotatable bonds is 6. The first-order chi connectivity index (χ1) is 13.6. The van der Waals surface area contributed by atoms with Crippen LogP contribution in [0.4, 0.5) is 0 Å². The lowest BCUT2D eigenvalue weighted by molar-refractivity contribution is -0.122. The number of carbonyl (C=O) groups is 1. The van der Waals surface area contributed by atoms with Crippen LogP contribution >= 0.6 is 11.8 Å². The highest BCUT2D eigenvalue weighted by atomic mass is 32.2. The summed E-state index contributed by atoms with van der Waals surface area (Å²) in [5.41, 5.74) is 0.474. The highest BCUT2D eigenvalue weighted by Gasteiger charge is 2.34. The van der Waals surface area contributed by atoms with Gasteiger partial charge >= 0.3 is 0 Å². The molecule has 0 aromatic heterocycles. The summed E-state index contributed by atoms with van der Waals surface area (Å²) in [5.74, 6) is 0.387. The topological polar surface area (TPSA) is 75.7 Å². The number of likely N-dealkylation sites (N-methyl/N-ethyl adjacent to an activating group) is 1. The second-order valence-electron chi connectivity index (χ2n) is 7.66. The van der Waals surface area contributed by atoms with Crippen LogP contribution in [0.15, 0.2) is 58.3 Å². The molecule has 1 unspecified atom stereocenters. The third-order valence-corrected chi connectivity index (χ3v) is 7.41. The Bertz CT molecular complexity index is 988. The maximum atomic E-state index is 12.8. The van der Waals surface area contributed by atoms with E-state index in [2.05, 4.69) is 5.32 Å². The molecule has 0 saturated heterocycles. The van der Waals surface area contributed by atoms with Crippen molar-refractivity contribution < 1.29 is 17.9 Å². The van der Waals surface area contributed by atoms with Gasteiger partial charge in [0.15, 0.2) is 0 Å². The molecule has 6 nitrogen and oxygen atoms in total. The van der Waals surface area contributed by atoms with Gasteiger partial charge in [0.25, 0.3) is 0 Å². The number of hydrogen-bond donors (Lipinski definition) is 1. The summed E-state index contributed by atoms with van der Waals surface area (Å²) in [7, 11) is -2.33. The lowest BCUT2D eigenvalue weighted by Crippen LogP contribution is -2.44. The molecule has 8 heteroatoms. The summed E-state index contributed by atoms with van der Waals surface area (Å²) < 4.78 is 32.6. The first kappa shape index (κ1) is 21.7. The number of fused-ring (bicyclic) bond motifs is 1. The number of sulfonamides is 1. The average Bonchev–Trinajstić information content (AvgIpc) is 2.67. The number of nitrogens with zero attached hydrogens (tertiary/aromatic N) is 1. The zero-order valence-corrected chi connectivity index (χ0v) is 18.6. The molecule has 3 rings (SSSR count). The Balaban J connectivity index is 1.71. The number of nitrogens with one attached hydrogen (secondary N) is 1. The first-order valence-corrected chi connectivity index (χ1v) is 12.0. The smallest absolute Gasteiger partial charge is 0.243 e. The van der Waals surface area contributed by atoms with E-state index in [-0.39, 0.29) is 23.4 Å². The summed E-state index contributed by atoms with van der Waals surface area (Å²) >= 11 is 1.54. The molecule has 0 spiro atoms. The predicted molar refractivity (Wildman–Crippen MR) is 115 cm³/mol. The number of thioether (sulfide) groups is 1. The predicted octanol–water partition coefficient (Wildman–Crippen LogP) is 3.45. The van der Waals surface area contributed by atoms with Crippen molar-refractivity contribution in [3.8, 4) is 5.75 Å². The van der Waals surface area contributed by atoms with Gasteiger partial charge in [-0.2, -0.15) is 4.31 Å². The van der Waals surface area contributed by atoms with Gasteiger partial charge in [0.1, 0.15) is 11.4 Å². The molecule has 1 aliphatic rings. The summed E-state index contributed by atoms with van der Waals surface area (Å²) in [6.45, 7) is 3.68. The van der Waals surface area contributed by atoms with Crippen molar-refractivity contribution in [3.63, 3.8) is 0 Å². The van der Waals surface area contributed by atoms with Gasteiger partial charge < -0.3 is 10.1 Å². The van der Waals surface area contributed by atoms with E-state index < -0.39 is 15.6 Å². The van der Waals surface area contributed by atoms with Crippen molar-refractivity contribution >= 4 is 27.7 Å². The quantitative estimate of drug-likeness (QED) is 0.705. The number of amides is 1. The van der Waals surface area contributed by atoms with Crippen molar-refractivity contribution in [2.75, 3.05) is 19.8 Å². The van der Waals surface area contributed by atoms with Crippen molar-refractivity contribution in [1.82, 2.24) is 9.62 Å². The SMILES string of the molecule is CSc1ccc(S(=O)(=O)N(C)CC(=O)NC2CC(C)(C)Oc3ccccc32)cc1. The monoisotopic (exact) mass is 434 g/mol. The molecule has 2 aromatic rings. The van der Waals surface area contributed by atoms with E-state index >= 15 is 0 Å². The fourth-order valence-corrected chi connectivity index (χ4v) is 4.92. The molecular weight excluding hydrogens is 408 g/mol. The molecule has 1 amide bonds. The molecule has 29 heavy (non-hydrogen) atoms. The molecule has 1 aliphatic heterocycles. The molecule has 1 N–H and O–H groups in total. The zero-order valence-electron chi connectivity index (χ0n) is 17.0. The lowest BCUT2D eigenvalue weighted by Gasteiger charge is -2.38. The molecule has 1 atom stereocenters. The Labute approximate surface area is 176 Å². The third-order valence-electron chi connectivity index (χ3n) is 4.85. The highest BCUT2D eigenvalue weighted by molar-refractivity contribution is 7.98. The van der Waals surface area contributed by atoms with Gasteiger partial charge in [-0.05, 0) is 50.4 Å². The number of hydrogen-bond acceptors (Lipinski definition) is 5. The van der Waals surface area contributed by atoms with E-state index in [4.69, 9.17) is 4.74 Å². The molecule has 0 radical (unpaired) electrons. The molecule has 156 valence electrons. The van der Waals surface area contributed by atoms with Crippen molar-refractivity contribution in [1.29, 1.82) is 0 Å². The summed E-state index contributed by atoms with van der Waals surface area (Å²) in [4.78, 5) is 13.8. The van der Waals surface area contributed by atoms with Crippen molar-refractivity contribution in [2.24, 2.45) is 0 Å². The Hall–Kier alpha value is -2.03. The van der Waals surface area contributed by atoms with E-state index in [0.29, 0.717) is 6.42 Å². The summed E-state index contributed by atoms with van der Waals surface area (Å²) in [6, 6.07) is 14.0. The van der Waals surface area contributed by atoms with E-state index in [1.807, 2.05) is 44.4 Å². The third kappa shape index (κ3) is 4.94. The largest absolute Gasteiger partial charge is 0.487 e. The number of para-hydroxylation sites is 1. The maximum absolute atomic E-state index is 12.8. The van der Waals surface area contributed by atoms with Gasteiger partial charge in [-0.25, -0.2) is 8.42 Å². The van der Waals surface area contributed by atoms with E-state index in [1.165, 1.54) is 18.8 Å². The van der Waals surface area contributed by atoms with Crippen LogP contribution in [0, 0.1) is 0 Å². The van der Waals surface area contributed by atoms with Crippen molar-refractivity contribution in [3.05, 3.63) is 54.1 Å². The number of benzene rings is 2. The molecule has 0 fully saturated rings. The minimum atomic E-state index is -3.74. The Morgan fingerprint density at radius 1 is 1.21 bits per heavy atom. The van der Waals surface area contributed by atoms with Gasteiger partial charge in [-0.3, -0.25) is 4.79 Å². The van der Waals surface area contributed by atoms with Gasteiger partial charge in [-0.15, -0.1) is 11.8 Å². The minimum absolute atomic E-state index is 0.170. The second-order valence-corrected chi connectivity index (χ2v) is 10.6. The summed E-state index contributed by atoms with van der Waals surface area (Å²) in [6.07, 6.45) is 2.53. The van der Waals surface area contributed by atoms with Crippen LogP contribution in [0.5, 0.6) is 5.75 Å². The Morgan fingerprint density at radius 3 is 2.52 bits per heavy atom. The van der Waals surface area contributed by atoms with Gasteiger partial charge in [0.2, 0.25) is 15.9 Å². The second kappa shape index (κ2) is 8.38. The zero-order chi connectivity index (χ0) is 21.2.